The standard InChI is InChI=1S/C23H32N6O2S2/c1-23(2,3)15-5-6-16-17(12-24)21(33-18(16)11-15)25-20(30)14-32-22-27-26-19(28(22)4)13-29-7-9-31-10-8-29/h15H,5-11,13-14H2,1-4H3,(H,25,30)/t15-/m1/s1. The van der Waals surface area contributed by atoms with Gasteiger partial charge in [-0.05, 0) is 36.2 Å². The third-order valence-corrected chi connectivity index (χ3v) is 8.77. The molecule has 1 aliphatic carbocycles. The van der Waals surface area contributed by atoms with Gasteiger partial charge in [0.25, 0.3) is 0 Å². The molecule has 0 spiro atoms. The van der Waals surface area contributed by atoms with Crippen molar-refractivity contribution in [2.24, 2.45) is 18.4 Å². The average molecular weight is 489 g/mol. The lowest BCUT2D eigenvalue weighted by atomic mass is 9.72. The van der Waals surface area contributed by atoms with Crippen LogP contribution in [0.2, 0.25) is 0 Å². The van der Waals surface area contributed by atoms with Crippen LogP contribution in [0.25, 0.3) is 0 Å². The maximum Gasteiger partial charge on any atom is 0.235 e. The van der Waals surface area contributed by atoms with Crippen LogP contribution in [0.15, 0.2) is 5.16 Å². The van der Waals surface area contributed by atoms with Gasteiger partial charge in [-0.3, -0.25) is 9.69 Å². The van der Waals surface area contributed by atoms with Gasteiger partial charge in [-0.15, -0.1) is 21.5 Å². The van der Waals surface area contributed by atoms with Gasteiger partial charge in [0.2, 0.25) is 5.91 Å². The van der Waals surface area contributed by atoms with E-state index in [1.165, 1.54) is 16.6 Å². The van der Waals surface area contributed by atoms with Crippen LogP contribution in [-0.2, 0) is 36.0 Å². The zero-order valence-corrected chi connectivity index (χ0v) is 21.4. The van der Waals surface area contributed by atoms with Crippen LogP contribution < -0.4 is 5.32 Å². The van der Waals surface area contributed by atoms with E-state index in [4.69, 9.17) is 4.74 Å². The molecule has 10 heteroatoms. The Kier molecular flexibility index (Phi) is 7.43. The first kappa shape index (κ1) is 24.2. The lowest BCUT2D eigenvalue weighted by Crippen LogP contribution is -2.36. The van der Waals surface area contributed by atoms with Crippen LogP contribution >= 0.6 is 23.1 Å². The van der Waals surface area contributed by atoms with E-state index in [1.807, 2.05) is 11.6 Å². The topological polar surface area (TPSA) is 96.1 Å². The quantitative estimate of drug-likeness (QED) is 0.622. The van der Waals surface area contributed by atoms with Gasteiger partial charge in [0.1, 0.15) is 16.9 Å². The smallest absolute Gasteiger partial charge is 0.235 e. The van der Waals surface area contributed by atoms with E-state index in [1.54, 1.807) is 11.3 Å². The molecule has 1 saturated heterocycles. The average Bonchev–Trinajstić information content (AvgIpc) is 3.31. The highest BCUT2D eigenvalue weighted by molar-refractivity contribution is 7.99. The second kappa shape index (κ2) is 10.1. The normalized spacial score (nSPS) is 19.2. The molecule has 178 valence electrons. The summed E-state index contributed by atoms with van der Waals surface area (Å²) in [6.45, 7) is 10.8. The summed E-state index contributed by atoms with van der Waals surface area (Å²) in [5.41, 5.74) is 2.02. The van der Waals surface area contributed by atoms with Gasteiger partial charge in [-0.25, -0.2) is 0 Å². The van der Waals surface area contributed by atoms with Crippen LogP contribution in [0.5, 0.6) is 0 Å². The molecule has 0 saturated carbocycles. The number of fused-ring (bicyclic) bond motifs is 1. The summed E-state index contributed by atoms with van der Waals surface area (Å²) in [6.07, 6.45) is 2.98. The molecule has 2 aromatic rings. The third kappa shape index (κ3) is 5.60. The summed E-state index contributed by atoms with van der Waals surface area (Å²) in [5.74, 6) is 1.57. The summed E-state index contributed by atoms with van der Waals surface area (Å²) in [5, 5.41) is 22.7. The zero-order valence-electron chi connectivity index (χ0n) is 19.8. The summed E-state index contributed by atoms with van der Waals surface area (Å²) in [7, 11) is 1.93. The number of rotatable bonds is 6. The SMILES string of the molecule is Cn1c(CN2CCOCC2)nnc1SCC(=O)Nc1sc2c(c1C#N)CC[C@@H](C(C)(C)C)C2. The van der Waals surface area contributed by atoms with Crippen molar-refractivity contribution in [3.8, 4) is 6.07 Å². The number of hydrogen-bond donors (Lipinski definition) is 1. The number of aromatic nitrogens is 3. The van der Waals surface area contributed by atoms with Crippen LogP contribution in [0.4, 0.5) is 5.00 Å². The fraction of sp³-hybridized carbons (Fsp3) is 0.652. The van der Waals surface area contributed by atoms with Crippen molar-refractivity contribution in [3.63, 3.8) is 0 Å². The first-order valence-corrected chi connectivity index (χ1v) is 13.2. The van der Waals surface area contributed by atoms with E-state index in [0.717, 1.165) is 63.5 Å². The number of nitriles is 1. The Hall–Kier alpha value is -1.93. The van der Waals surface area contributed by atoms with E-state index < -0.39 is 0 Å². The number of nitrogens with zero attached hydrogens (tertiary/aromatic N) is 5. The molecule has 3 heterocycles. The number of nitrogens with one attached hydrogen (secondary N) is 1. The number of carbonyl (C=O) groups excluding carboxylic acids is 1. The molecule has 8 nitrogen and oxygen atoms in total. The number of thioether (sulfide) groups is 1. The van der Waals surface area contributed by atoms with Crippen LogP contribution in [0.1, 0.15) is 49.0 Å². The predicted octanol–water partition coefficient (Wildman–Crippen LogP) is 3.46. The third-order valence-electron chi connectivity index (χ3n) is 6.58. The largest absolute Gasteiger partial charge is 0.379 e. The van der Waals surface area contributed by atoms with Crippen molar-refractivity contribution in [2.45, 2.75) is 51.7 Å². The highest BCUT2D eigenvalue weighted by atomic mass is 32.2. The molecule has 1 fully saturated rings. The molecule has 1 N–H and O–H groups in total. The van der Waals surface area contributed by atoms with Crippen molar-refractivity contribution < 1.29 is 9.53 Å². The summed E-state index contributed by atoms with van der Waals surface area (Å²) in [4.78, 5) is 16.3. The summed E-state index contributed by atoms with van der Waals surface area (Å²) >= 11 is 2.94. The second-order valence-electron chi connectivity index (χ2n) is 9.81. The number of amides is 1. The molecule has 0 bridgehead atoms. The van der Waals surface area contributed by atoms with Gasteiger partial charge in [0.15, 0.2) is 5.16 Å². The minimum Gasteiger partial charge on any atom is -0.379 e. The maximum atomic E-state index is 12.7. The molecule has 1 aliphatic heterocycles. The predicted molar refractivity (Wildman–Crippen MR) is 130 cm³/mol. The van der Waals surface area contributed by atoms with Crippen molar-refractivity contribution in [3.05, 3.63) is 21.8 Å². The lowest BCUT2D eigenvalue weighted by molar-refractivity contribution is -0.113. The van der Waals surface area contributed by atoms with Crippen molar-refractivity contribution >= 4 is 34.0 Å². The van der Waals surface area contributed by atoms with E-state index in [0.29, 0.717) is 21.6 Å². The Morgan fingerprint density at radius 2 is 2.09 bits per heavy atom. The number of ether oxygens (including phenoxy) is 1. The molecular formula is C23H32N6O2S2. The van der Waals surface area contributed by atoms with Gasteiger partial charge in [0, 0.05) is 25.0 Å². The molecule has 2 aromatic heterocycles. The van der Waals surface area contributed by atoms with Gasteiger partial charge >= 0.3 is 0 Å². The Balaban J connectivity index is 1.36. The number of morpholine rings is 1. The molecule has 0 radical (unpaired) electrons. The van der Waals surface area contributed by atoms with Crippen LogP contribution in [0.3, 0.4) is 0 Å². The van der Waals surface area contributed by atoms with Crippen LogP contribution in [-0.4, -0.2) is 57.6 Å². The van der Waals surface area contributed by atoms with Crippen molar-refractivity contribution in [1.29, 1.82) is 5.26 Å². The molecule has 0 aromatic carbocycles. The van der Waals surface area contributed by atoms with E-state index in [9.17, 15) is 10.1 Å². The van der Waals surface area contributed by atoms with Crippen molar-refractivity contribution in [1.82, 2.24) is 19.7 Å². The number of anilines is 1. The van der Waals surface area contributed by atoms with E-state index in [-0.39, 0.29) is 17.1 Å². The highest BCUT2D eigenvalue weighted by Gasteiger charge is 2.32. The number of hydrogen-bond acceptors (Lipinski definition) is 8. The van der Waals surface area contributed by atoms with E-state index in [2.05, 4.69) is 47.3 Å². The summed E-state index contributed by atoms with van der Waals surface area (Å²) in [6, 6.07) is 2.34. The first-order valence-electron chi connectivity index (χ1n) is 11.4. The molecule has 2 aliphatic rings. The van der Waals surface area contributed by atoms with E-state index >= 15 is 0 Å². The second-order valence-corrected chi connectivity index (χ2v) is 11.9. The van der Waals surface area contributed by atoms with Crippen LogP contribution in [0, 0.1) is 22.7 Å². The molecular weight excluding hydrogens is 456 g/mol. The summed E-state index contributed by atoms with van der Waals surface area (Å²) < 4.78 is 7.35. The minimum absolute atomic E-state index is 0.125. The fourth-order valence-corrected chi connectivity index (χ4v) is 6.42. The minimum atomic E-state index is -0.125. The van der Waals surface area contributed by atoms with Gasteiger partial charge in [0.05, 0.1) is 31.1 Å². The van der Waals surface area contributed by atoms with Gasteiger partial charge < -0.3 is 14.6 Å². The Morgan fingerprint density at radius 1 is 1.33 bits per heavy atom. The number of carbonyl (C=O) groups is 1. The molecule has 1 atom stereocenters. The molecule has 1 amide bonds. The highest BCUT2D eigenvalue weighted by Crippen LogP contribution is 2.44. The molecule has 4 rings (SSSR count). The maximum absolute atomic E-state index is 12.7. The Bertz CT molecular complexity index is 1040. The Labute approximate surface area is 203 Å². The van der Waals surface area contributed by atoms with Crippen molar-refractivity contribution in [2.75, 3.05) is 37.4 Å². The molecule has 0 unspecified atom stereocenters. The fourth-order valence-electron chi connectivity index (χ4n) is 4.39. The lowest BCUT2D eigenvalue weighted by Gasteiger charge is -2.33. The zero-order chi connectivity index (χ0) is 23.6. The number of thiophene rings is 1. The van der Waals surface area contributed by atoms with Gasteiger partial charge in [-0.2, -0.15) is 5.26 Å². The Morgan fingerprint density at radius 3 is 2.79 bits per heavy atom. The monoisotopic (exact) mass is 488 g/mol. The molecule has 33 heavy (non-hydrogen) atoms. The first-order chi connectivity index (χ1) is 15.8. The van der Waals surface area contributed by atoms with Gasteiger partial charge in [-0.1, -0.05) is 32.5 Å².